The minimum absolute atomic E-state index is 0.0519. The third-order valence-electron chi connectivity index (χ3n) is 4.70. The molecule has 1 atom stereocenters. The number of nitrogens with zero attached hydrogens (tertiary/aromatic N) is 1. The van der Waals surface area contributed by atoms with E-state index < -0.39 is 23.6 Å². The monoisotopic (exact) mass is 428 g/mol. The quantitative estimate of drug-likeness (QED) is 0.434. The van der Waals surface area contributed by atoms with Gasteiger partial charge in [0.15, 0.2) is 17.2 Å². The van der Waals surface area contributed by atoms with E-state index in [1.54, 1.807) is 30.3 Å². The van der Waals surface area contributed by atoms with Crippen LogP contribution in [0.2, 0.25) is 0 Å². The van der Waals surface area contributed by atoms with Gasteiger partial charge in [0.1, 0.15) is 30.0 Å². The highest BCUT2D eigenvalue weighted by Gasteiger charge is 2.12. The number of aliphatic hydroxyl groups is 1. The van der Waals surface area contributed by atoms with Gasteiger partial charge < -0.3 is 19.7 Å². The Morgan fingerprint density at radius 2 is 1.77 bits per heavy atom. The first-order chi connectivity index (χ1) is 15.0. The summed E-state index contributed by atoms with van der Waals surface area (Å²) in [5, 5.41) is 17.7. The summed E-state index contributed by atoms with van der Waals surface area (Å²) in [7, 11) is 0. The Hall–Kier alpha value is -3.36. The lowest BCUT2D eigenvalue weighted by Gasteiger charge is -2.13. The average molecular weight is 428 g/mol. The summed E-state index contributed by atoms with van der Waals surface area (Å²) in [6.07, 6.45) is -0.792. The fourth-order valence-corrected chi connectivity index (χ4v) is 3.11. The molecular formula is C23H19F3N2O3. The zero-order valence-corrected chi connectivity index (χ0v) is 16.3. The Kier molecular flexibility index (Phi) is 6.20. The van der Waals surface area contributed by atoms with E-state index in [1.807, 2.05) is 0 Å². The molecule has 0 bridgehead atoms. The molecule has 1 unspecified atom stereocenters. The zero-order valence-electron chi connectivity index (χ0n) is 16.3. The molecule has 3 aromatic carbocycles. The van der Waals surface area contributed by atoms with Gasteiger partial charge in [0.25, 0.3) is 0 Å². The zero-order chi connectivity index (χ0) is 21.8. The molecule has 160 valence electrons. The Balaban J connectivity index is 1.28. The fourth-order valence-electron chi connectivity index (χ4n) is 3.11. The molecule has 1 aromatic heterocycles. The lowest BCUT2D eigenvalue weighted by atomic mass is 10.1. The summed E-state index contributed by atoms with van der Waals surface area (Å²) >= 11 is 0. The van der Waals surface area contributed by atoms with Gasteiger partial charge in [-0.25, -0.2) is 13.2 Å². The number of fused-ring (bicyclic) bond motifs is 1. The molecule has 0 aliphatic heterocycles. The first kappa shape index (κ1) is 20.9. The molecule has 0 radical (unpaired) electrons. The highest BCUT2D eigenvalue weighted by Crippen LogP contribution is 2.29. The van der Waals surface area contributed by atoms with E-state index in [9.17, 15) is 18.3 Å². The van der Waals surface area contributed by atoms with E-state index in [4.69, 9.17) is 9.26 Å². The van der Waals surface area contributed by atoms with E-state index in [2.05, 4.69) is 10.5 Å². The first-order valence-electron chi connectivity index (χ1n) is 9.60. The van der Waals surface area contributed by atoms with Crippen molar-refractivity contribution in [3.05, 3.63) is 83.7 Å². The molecular weight excluding hydrogens is 409 g/mol. The summed E-state index contributed by atoms with van der Waals surface area (Å²) in [4.78, 5) is 0. The topological polar surface area (TPSA) is 67.5 Å². The van der Waals surface area contributed by atoms with E-state index in [-0.39, 0.29) is 13.2 Å². The summed E-state index contributed by atoms with van der Waals surface area (Å²) < 4.78 is 50.2. The molecule has 0 spiro atoms. The normalized spacial score (nSPS) is 12.3. The number of nitrogens with one attached hydrogen (secondary N) is 1. The van der Waals surface area contributed by atoms with Gasteiger partial charge in [-0.15, -0.1) is 0 Å². The summed E-state index contributed by atoms with van der Waals surface area (Å²) in [5.74, 6) is -1.63. The van der Waals surface area contributed by atoms with Crippen molar-refractivity contribution in [3.63, 3.8) is 0 Å². The van der Waals surface area contributed by atoms with Crippen molar-refractivity contribution in [3.8, 4) is 17.0 Å². The maximum absolute atomic E-state index is 13.3. The second-order valence-electron chi connectivity index (χ2n) is 7.04. The number of benzene rings is 3. The number of hydrogen-bond acceptors (Lipinski definition) is 5. The average Bonchev–Trinajstić information content (AvgIpc) is 3.18. The van der Waals surface area contributed by atoms with E-state index in [0.717, 1.165) is 17.7 Å². The number of ether oxygens (including phenoxy) is 1. The minimum Gasteiger partial charge on any atom is -0.491 e. The Morgan fingerprint density at radius 3 is 2.55 bits per heavy atom. The predicted molar refractivity (Wildman–Crippen MR) is 109 cm³/mol. The van der Waals surface area contributed by atoms with Gasteiger partial charge in [-0.05, 0) is 54.1 Å². The summed E-state index contributed by atoms with van der Waals surface area (Å²) in [5.41, 5.74) is 2.33. The third kappa shape index (κ3) is 5.04. The smallest absolute Gasteiger partial charge is 0.170 e. The molecule has 0 aliphatic rings. The lowest BCUT2D eigenvalue weighted by Crippen LogP contribution is -2.31. The number of halogens is 3. The molecule has 2 N–H and O–H groups in total. The van der Waals surface area contributed by atoms with Crippen LogP contribution in [0.4, 0.5) is 13.2 Å². The molecule has 0 saturated heterocycles. The predicted octanol–water partition coefficient (Wildman–Crippen LogP) is 4.44. The molecule has 8 heteroatoms. The van der Waals surface area contributed by atoms with Crippen LogP contribution in [0.15, 0.2) is 65.2 Å². The van der Waals surface area contributed by atoms with Crippen LogP contribution in [-0.2, 0) is 6.54 Å². The second kappa shape index (κ2) is 9.20. The lowest BCUT2D eigenvalue weighted by molar-refractivity contribution is 0.106. The van der Waals surface area contributed by atoms with Crippen molar-refractivity contribution in [2.24, 2.45) is 0 Å². The second-order valence-corrected chi connectivity index (χ2v) is 7.04. The SMILES string of the molecule is OC(CNCc1ccc(F)c(F)c1)COc1ccc(-c2noc3cc(F)ccc23)cc1. The van der Waals surface area contributed by atoms with Crippen LogP contribution < -0.4 is 10.1 Å². The standard InChI is InChI=1S/C23H19F3N2O3/c24-16-4-7-19-22(10-16)31-28-23(19)15-2-5-18(6-3-15)30-13-17(29)12-27-11-14-1-8-20(25)21(26)9-14/h1-10,17,27,29H,11-13H2. The van der Waals surface area contributed by atoms with Gasteiger partial charge in [0.2, 0.25) is 0 Å². The van der Waals surface area contributed by atoms with Crippen molar-refractivity contribution < 1.29 is 27.5 Å². The minimum atomic E-state index is -0.905. The van der Waals surface area contributed by atoms with Gasteiger partial charge in [0, 0.05) is 30.1 Å². The van der Waals surface area contributed by atoms with Gasteiger partial charge in [-0.2, -0.15) is 0 Å². The fraction of sp³-hybridized carbons (Fsp3) is 0.174. The molecule has 4 rings (SSSR count). The molecule has 0 amide bonds. The maximum Gasteiger partial charge on any atom is 0.170 e. The van der Waals surface area contributed by atoms with Crippen LogP contribution in [-0.4, -0.2) is 29.5 Å². The van der Waals surface area contributed by atoms with Crippen molar-refractivity contribution in [1.82, 2.24) is 10.5 Å². The van der Waals surface area contributed by atoms with Gasteiger partial charge >= 0.3 is 0 Å². The Morgan fingerprint density at radius 1 is 0.968 bits per heavy atom. The summed E-state index contributed by atoms with van der Waals surface area (Å²) in [6, 6.07) is 15.0. The first-order valence-corrected chi connectivity index (χ1v) is 9.60. The van der Waals surface area contributed by atoms with Crippen LogP contribution in [0.5, 0.6) is 5.75 Å². The van der Waals surface area contributed by atoms with Crippen molar-refractivity contribution in [1.29, 1.82) is 0 Å². The molecule has 1 heterocycles. The molecule has 0 fully saturated rings. The van der Waals surface area contributed by atoms with Crippen LogP contribution >= 0.6 is 0 Å². The number of rotatable bonds is 8. The van der Waals surface area contributed by atoms with Crippen molar-refractivity contribution >= 4 is 11.0 Å². The van der Waals surface area contributed by atoms with E-state index in [0.29, 0.717) is 34.5 Å². The highest BCUT2D eigenvalue weighted by molar-refractivity contribution is 5.91. The van der Waals surface area contributed by atoms with E-state index in [1.165, 1.54) is 18.2 Å². The van der Waals surface area contributed by atoms with Gasteiger partial charge in [-0.1, -0.05) is 11.2 Å². The summed E-state index contributed by atoms with van der Waals surface area (Å²) in [6.45, 7) is 0.563. The van der Waals surface area contributed by atoms with Crippen LogP contribution in [0.3, 0.4) is 0 Å². The number of hydrogen-bond donors (Lipinski definition) is 2. The van der Waals surface area contributed by atoms with Crippen molar-refractivity contribution in [2.45, 2.75) is 12.6 Å². The van der Waals surface area contributed by atoms with E-state index >= 15 is 0 Å². The highest BCUT2D eigenvalue weighted by atomic mass is 19.2. The largest absolute Gasteiger partial charge is 0.491 e. The maximum atomic E-state index is 13.3. The molecule has 5 nitrogen and oxygen atoms in total. The molecule has 0 aliphatic carbocycles. The van der Waals surface area contributed by atoms with Crippen LogP contribution in [0.25, 0.3) is 22.2 Å². The molecule has 31 heavy (non-hydrogen) atoms. The van der Waals surface area contributed by atoms with Gasteiger partial charge in [0.05, 0.1) is 0 Å². The molecule has 4 aromatic rings. The Bertz CT molecular complexity index is 1180. The third-order valence-corrected chi connectivity index (χ3v) is 4.70. The number of aliphatic hydroxyl groups excluding tert-OH is 1. The van der Waals surface area contributed by atoms with Crippen molar-refractivity contribution in [2.75, 3.05) is 13.2 Å². The molecule has 0 saturated carbocycles. The Labute approximate surface area is 176 Å². The van der Waals surface area contributed by atoms with Gasteiger partial charge in [-0.3, -0.25) is 0 Å². The number of aromatic nitrogens is 1. The van der Waals surface area contributed by atoms with Crippen LogP contribution in [0.1, 0.15) is 5.56 Å². The van der Waals surface area contributed by atoms with Crippen LogP contribution in [0, 0.1) is 17.5 Å².